The number of hydrogen-bond acceptors (Lipinski definition) is 2. The van der Waals surface area contributed by atoms with E-state index in [0.717, 1.165) is 6.42 Å². The highest BCUT2D eigenvalue weighted by molar-refractivity contribution is 5.36. The standard InChI is InChI=1S/C10H12O.C2H6O/c11-10-6-5-8-3-1-2-4-9(8)7-10;1-3-2/h5-7,11H,1-4H2;1-2H3. The molecular formula is C12H18O2. The quantitative estimate of drug-likeness (QED) is 0.687. The Bertz CT molecular complexity index is 282. The number of aromatic hydroxyl groups is 1. The minimum atomic E-state index is 0.408. The van der Waals surface area contributed by atoms with Crippen LogP contribution < -0.4 is 0 Å². The molecule has 1 aliphatic carbocycles. The first-order valence-corrected chi connectivity index (χ1v) is 4.99. The molecular weight excluding hydrogens is 176 g/mol. The molecule has 2 heteroatoms. The largest absolute Gasteiger partial charge is 0.508 e. The van der Waals surface area contributed by atoms with Crippen LogP contribution in [0.3, 0.4) is 0 Å². The molecule has 0 unspecified atom stereocenters. The molecule has 0 aromatic heterocycles. The van der Waals surface area contributed by atoms with Crippen LogP contribution in [0.4, 0.5) is 0 Å². The van der Waals surface area contributed by atoms with Crippen LogP contribution in [-0.4, -0.2) is 19.3 Å². The predicted molar refractivity (Wildman–Crippen MR) is 57.7 cm³/mol. The summed E-state index contributed by atoms with van der Waals surface area (Å²) in [6, 6.07) is 5.72. The zero-order valence-electron chi connectivity index (χ0n) is 8.92. The van der Waals surface area contributed by atoms with Crippen molar-refractivity contribution in [3.8, 4) is 5.75 Å². The van der Waals surface area contributed by atoms with Crippen molar-refractivity contribution >= 4 is 0 Å². The molecule has 0 aliphatic heterocycles. The number of fused-ring (bicyclic) bond motifs is 1. The molecule has 78 valence electrons. The zero-order chi connectivity index (χ0) is 10.4. The van der Waals surface area contributed by atoms with Crippen molar-refractivity contribution in [2.75, 3.05) is 14.2 Å². The topological polar surface area (TPSA) is 29.5 Å². The second-order valence-corrected chi connectivity index (χ2v) is 3.57. The number of rotatable bonds is 0. The maximum Gasteiger partial charge on any atom is 0.115 e. The third kappa shape index (κ3) is 3.04. The number of aryl methyl sites for hydroxylation is 2. The molecule has 0 amide bonds. The van der Waals surface area contributed by atoms with Crippen LogP contribution in [-0.2, 0) is 17.6 Å². The summed E-state index contributed by atoms with van der Waals surface area (Å²) < 4.78 is 4.25. The predicted octanol–water partition coefficient (Wildman–Crippen LogP) is 2.53. The van der Waals surface area contributed by atoms with Gasteiger partial charge in [-0.25, -0.2) is 0 Å². The van der Waals surface area contributed by atoms with Gasteiger partial charge >= 0.3 is 0 Å². The number of methoxy groups -OCH3 is 1. The first kappa shape index (κ1) is 11.1. The number of ether oxygens (including phenoxy) is 1. The Balaban J connectivity index is 0.000000293. The van der Waals surface area contributed by atoms with Crippen LogP contribution in [0.2, 0.25) is 0 Å². The summed E-state index contributed by atoms with van der Waals surface area (Å²) >= 11 is 0. The van der Waals surface area contributed by atoms with E-state index >= 15 is 0 Å². The summed E-state index contributed by atoms with van der Waals surface area (Å²) in [4.78, 5) is 0. The lowest BCUT2D eigenvalue weighted by Crippen LogP contribution is -2.01. The Morgan fingerprint density at radius 1 is 1.07 bits per heavy atom. The molecule has 14 heavy (non-hydrogen) atoms. The molecule has 0 fully saturated rings. The normalized spacial score (nSPS) is 13.9. The molecule has 1 aromatic rings. The van der Waals surface area contributed by atoms with Gasteiger partial charge in [0.25, 0.3) is 0 Å². The first-order valence-electron chi connectivity index (χ1n) is 4.99. The summed E-state index contributed by atoms with van der Waals surface area (Å²) in [6.45, 7) is 0. The van der Waals surface area contributed by atoms with Crippen LogP contribution in [0.1, 0.15) is 24.0 Å². The van der Waals surface area contributed by atoms with Gasteiger partial charge in [0.05, 0.1) is 0 Å². The molecule has 0 atom stereocenters. The van der Waals surface area contributed by atoms with Crippen LogP contribution in [0, 0.1) is 0 Å². The van der Waals surface area contributed by atoms with Crippen molar-refractivity contribution in [3.63, 3.8) is 0 Å². The van der Waals surface area contributed by atoms with Crippen molar-refractivity contribution in [2.24, 2.45) is 0 Å². The van der Waals surface area contributed by atoms with E-state index in [1.165, 1.54) is 30.4 Å². The van der Waals surface area contributed by atoms with Gasteiger partial charge in [0, 0.05) is 14.2 Å². The third-order valence-electron chi connectivity index (χ3n) is 2.33. The van der Waals surface area contributed by atoms with Crippen molar-refractivity contribution < 1.29 is 9.84 Å². The summed E-state index contributed by atoms with van der Waals surface area (Å²) in [5.41, 5.74) is 2.77. The van der Waals surface area contributed by atoms with E-state index in [1.807, 2.05) is 12.1 Å². The van der Waals surface area contributed by atoms with Gasteiger partial charge in [-0.15, -0.1) is 0 Å². The fourth-order valence-electron chi connectivity index (χ4n) is 1.72. The second-order valence-electron chi connectivity index (χ2n) is 3.57. The molecule has 1 N–H and O–H groups in total. The minimum absolute atomic E-state index is 0.408. The number of phenols is 1. The highest BCUT2D eigenvalue weighted by Crippen LogP contribution is 2.24. The van der Waals surface area contributed by atoms with E-state index in [-0.39, 0.29) is 0 Å². The van der Waals surface area contributed by atoms with Gasteiger partial charge in [-0.1, -0.05) is 6.07 Å². The van der Waals surface area contributed by atoms with Gasteiger partial charge in [0.2, 0.25) is 0 Å². The fourth-order valence-corrected chi connectivity index (χ4v) is 1.72. The van der Waals surface area contributed by atoms with E-state index in [2.05, 4.69) is 4.74 Å². The molecule has 1 aliphatic rings. The van der Waals surface area contributed by atoms with Gasteiger partial charge < -0.3 is 9.84 Å². The summed E-state index contributed by atoms with van der Waals surface area (Å²) in [6.07, 6.45) is 4.91. The Kier molecular flexibility index (Phi) is 4.47. The number of phenolic OH excluding ortho intramolecular Hbond substituents is 1. The van der Waals surface area contributed by atoms with Gasteiger partial charge in [0.15, 0.2) is 0 Å². The van der Waals surface area contributed by atoms with Gasteiger partial charge in [0.1, 0.15) is 5.75 Å². The van der Waals surface area contributed by atoms with E-state index in [9.17, 15) is 5.11 Å². The molecule has 0 bridgehead atoms. The smallest absolute Gasteiger partial charge is 0.115 e. The first-order chi connectivity index (χ1) is 6.77. The molecule has 0 saturated heterocycles. The second kappa shape index (κ2) is 5.66. The number of hydrogen-bond donors (Lipinski definition) is 1. The highest BCUT2D eigenvalue weighted by atomic mass is 16.4. The van der Waals surface area contributed by atoms with E-state index in [0.29, 0.717) is 5.75 Å². The maximum absolute atomic E-state index is 9.19. The Morgan fingerprint density at radius 3 is 2.29 bits per heavy atom. The molecule has 2 nitrogen and oxygen atoms in total. The van der Waals surface area contributed by atoms with Gasteiger partial charge in [-0.2, -0.15) is 0 Å². The van der Waals surface area contributed by atoms with Crippen LogP contribution in [0.25, 0.3) is 0 Å². The molecule has 0 saturated carbocycles. The molecule has 0 heterocycles. The Morgan fingerprint density at radius 2 is 1.64 bits per heavy atom. The number of benzene rings is 1. The lowest BCUT2D eigenvalue weighted by molar-refractivity contribution is 0.277. The molecule has 0 spiro atoms. The summed E-state index contributed by atoms with van der Waals surface area (Å²) in [7, 11) is 3.25. The third-order valence-corrected chi connectivity index (χ3v) is 2.33. The van der Waals surface area contributed by atoms with Crippen molar-refractivity contribution in [3.05, 3.63) is 29.3 Å². The lowest BCUT2D eigenvalue weighted by atomic mass is 9.92. The van der Waals surface area contributed by atoms with Crippen LogP contribution in [0.5, 0.6) is 5.75 Å². The SMILES string of the molecule is COC.Oc1ccc2c(c1)CCCC2. The Hall–Kier alpha value is -1.02. The zero-order valence-corrected chi connectivity index (χ0v) is 8.92. The van der Waals surface area contributed by atoms with Crippen molar-refractivity contribution in [1.82, 2.24) is 0 Å². The van der Waals surface area contributed by atoms with E-state index in [4.69, 9.17) is 0 Å². The average Bonchev–Trinajstić information content (AvgIpc) is 2.19. The van der Waals surface area contributed by atoms with Crippen molar-refractivity contribution in [2.45, 2.75) is 25.7 Å². The maximum atomic E-state index is 9.19. The highest BCUT2D eigenvalue weighted by Gasteiger charge is 2.08. The van der Waals surface area contributed by atoms with Crippen LogP contribution >= 0.6 is 0 Å². The minimum Gasteiger partial charge on any atom is -0.508 e. The molecule has 2 rings (SSSR count). The lowest BCUT2D eigenvalue weighted by Gasteiger charge is -2.14. The summed E-state index contributed by atoms with van der Waals surface area (Å²) in [5, 5.41) is 9.19. The van der Waals surface area contributed by atoms with E-state index < -0.39 is 0 Å². The van der Waals surface area contributed by atoms with Gasteiger partial charge in [-0.05, 0) is 48.9 Å². The molecule has 0 radical (unpaired) electrons. The van der Waals surface area contributed by atoms with Crippen molar-refractivity contribution in [1.29, 1.82) is 0 Å². The summed E-state index contributed by atoms with van der Waals surface area (Å²) in [5.74, 6) is 0.408. The van der Waals surface area contributed by atoms with E-state index in [1.54, 1.807) is 20.3 Å². The molecule has 1 aromatic carbocycles. The van der Waals surface area contributed by atoms with Gasteiger partial charge in [-0.3, -0.25) is 0 Å². The average molecular weight is 194 g/mol. The monoisotopic (exact) mass is 194 g/mol. The fraction of sp³-hybridized carbons (Fsp3) is 0.500. The Labute approximate surface area is 85.5 Å². The van der Waals surface area contributed by atoms with Crippen LogP contribution in [0.15, 0.2) is 18.2 Å².